The van der Waals surface area contributed by atoms with E-state index in [-0.39, 0.29) is 52.0 Å². The van der Waals surface area contributed by atoms with Crippen LogP contribution in [0.1, 0.15) is 29.3 Å². The van der Waals surface area contributed by atoms with Crippen molar-refractivity contribution in [3.05, 3.63) is 93.5 Å². The SMILES string of the molecule is CC1(c2cc(O)c(Cl)c(F)c2)C(=O)Nc2nc(-c3cn4ccnc4c(Cc4cc(F)cc(F)c4F)n3)nc(N)c21. The number of amides is 1. The summed E-state index contributed by atoms with van der Waals surface area (Å²) in [5.41, 5.74) is 5.24. The van der Waals surface area contributed by atoms with Crippen LogP contribution in [0, 0.1) is 23.3 Å². The summed E-state index contributed by atoms with van der Waals surface area (Å²) in [7, 11) is 0. The van der Waals surface area contributed by atoms with Gasteiger partial charge in [0, 0.05) is 31.1 Å². The van der Waals surface area contributed by atoms with Gasteiger partial charge in [-0.05, 0) is 36.2 Å². The van der Waals surface area contributed by atoms with Crippen molar-refractivity contribution in [2.75, 3.05) is 11.1 Å². The van der Waals surface area contributed by atoms with Crippen LogP contribution in [0.25, 0.3) is 17.2 Å². The number of hydrogen-bond donors (Lipinski definition) is 3. The van der Waals surface area contributed by atoms with Crippen molar-refractivity contribution in [2.24, 2.45) is 0 Å². The van der Waals surface area contributed by atoms with E-state index in [1.807, 2.05) is 0 Å². The molecule has 9 nitrogen and oxygen atoms in total. The smallest absolute Gasteiger partial charge is 0.240 e. The molecule has 6 rings (SSSR count). The number of aromatic hydroxyl groups is 1. The highest BCUT2D eigenvalue weighted by Gasteiger charge is 2.48. The number of nitrogens with two attached hydrogens (primary N) is 1. The van der Waals surface area contributed by atoms with E-state index in [9.17, 15) is 27.5 Å². The number of nitrogens with one attached hydrogen (secondary N) is 1. The van der Waals surface area contributed by atoms with Gasteiger partial charge in [0.25, 0.3) is 0 Å². The predicted molar refractivity (Wildman–Crippen MR) is 136 cm³/mol. The van der Waals surface area contributed by atoms with Gasteiger partial charge in [-0.1, -0.05) is 11.6 Å². The second-order valence-electron chi connectivity index (χ2n) is 9.29. The lowest BCUT2D eigenvalue weighted by atomic mass is 9.77. The third-order valence-electron chi connectivity index (χ3n) is 6.81. The molecular formula is C26H16ClF4N7O2. The Hall–Kier alpha value is -4.78. The zero-order chi connectivity index (χ0) is 28.5. The maximum atomic E-state index is 14.4. The molecule has 0 spiro atoms. The van der Waals surface area contributed by atoms with Crippen molar-refractivity contribution >= 4 is 34.8 Å². The Kier molecular flexibility index (Phi) is 5.66. The van der Waals surface area contributed by atoms with Crippen LogP contribution in [0.4, 0.5) is 29.2 Å². The molecule has 4 N–H and O–H groups in total. The summed E-state index contributed by atoms with van der Waals surface area (Å²) in [4.78, 5) is 30.5. The first kappa shape index (κ1) is 25.5. The van der Waals surface area contributed by atoms with Crippen LogP contribution in [0.2, 0.25) is 5.02 Å². The summed E-state index contributed by atoms with van der Waals surface area (Å²) < 4.78 is 57.9. The van der Waals surface area contributed by atoms with Crippen molar-refractivity contribution in [3.8, 4) is 17.3 Å². The number of carbonyl (C=O) groups excluding carboxylic acids is 1. The molecule has 3 aromatic heterocycles. The summed E-state index contributed by atoms with van der Waals surface area (Å²) in [5, 5.41) is 12.2. The second-order valence-corrected chi connectivity index (χ2v) is 9.67. The highest BCUT2D eigenvalue weighted by molar-refractivity contribution is 6.32. The maximum Gasteiger partial charge on any atom is 0.240 e. The average Bonchev–Trinajstić information content (AvgIpc) is 3.48. The number of imidazole rings is 1. The Balaban J connectivity index is 1.47. The monoisotopic (exact) mass is 569 g/mol. The van der Waals surface area contributed by atoms with E-state index in [1.165, 1.54) is 19.3 Å². The first-order chi connectivity index (χ1) is 19.0. The van der Waals surface area contributed by atoms with Gasteiger partial charge >= 0.3 is 0 Å². The van der Waals surface area contributed by atoms with Gasteiger partial charge in [0.2, 0.25) is 5.91 Å². The Morgan fingerprint density at radius 3 is 2.62 bits per heavy atom. The van der Waals surface area contributed by atoms with Crippen molar-refractivity contribution in [1.82, 2.24) is 24.3 Å². The molecule has 0 fully saturated rings. The molecule has 0 bridgehead atoms. The van der Waals surface area contributed by atoms with E-state index in [0.717, 1.165) is 18.2 Å². The topological polar surface area (TPSA) is 131 Å². The van der Waals surface area contributed by atoms with Gasteiger partial charge in [-0.2, -0.15) is 0 Å². The molecule has 0 saturated carbocycles. The number of hydrogen-bond acceptors (Lipinski definition) is 7. The number of carbonyl (C=O) groups is 1. The number of halogens is 5. The van der Waals surface area contributed by atoms with E-state index < -0.39 is 45.4 Å². The lowest BCUT2D eigenvalue weighted by Gasteiger charge is -2.24. The fourth-order valence-electron chi connectivity index (χ4n) is 4.80. The summed E-state index contributed by atoms with van der Waals surface area (Å²) in [6.45, 7) is 1.47. The normalized spacial score (nSPS) is 16.4. The molecule has 40 heavy (non-hydrogen) atoms. The minimum Gasteiger partial charge on any atom is -0.506 e. The van der Waals surface area contributed by atoms with Gasteiger partial charge in [0.1, 0.15) is 45.2 Å². The largest absolute Gasteiger partial charge is 0.506 e. The van der Waals surface area contributed by atoms with Gasteiger partial charge in [0.05, 0.1) is 11.3 Å². The van der Waals surface area contributed by atoms with E-state index >= 15 is 0 Å². The zero-order valence-corrected chi connectivity index (χ0v) is 21.1. The number of anilines is 2. The summed E-state index contributed by atoms with van der Waals surface area (Å²) >= 11 is 5.73. The lowest BCUT2D eigenvalue weighted by molar-refractivity contribution is -0.119. The summed E-state index contributed by atoms with van der Waals surface area (Å²) in [6.07, 6.45) is 4.23. The molecule has 1 amide bonds. The number of benzene rings is 2. The first-order valence-electron chi connectivity index (χ1n) is 11.6. The molecule has 1 aliphatic rings. The molecule has 5 aromatic rings. The Bertz CT molecular complexity index is 1870. The van der Waals surface area contributed by atoms with Crippen molar-refractivity contribution in [2.45, 2.75) is 18.8 Å². The van der Waals surface area contributed by atoms with Crippen molar-refractivity contribution in [1.29, 1.82) is 0 Å². The van der Waals surface area contributed by atoms with E-state index in [2.05, 4.69) is 25.3 Å². The molecule has 0 saturated heterocycles. The molecule has 2 aromatic carbocycles. The Labute approximate surface area is 227 Å². The minimum atomic E-state index is -1.58. The second kappa shape index (κ2) is 8.88. The molecule has 0 radical (unpaired) electrons. The standard InChI is InChI=1S/C26H16ClF4N7O2/c1-26(11-6-13(29)19(27)17(39)7-11)18-21(32)35-22(36-23(18)37-25(26)40)16-9-38-3-2-33-24(38)15(34-16)5-10-4-12(28)8-14(30)20(10)31/h2-4,6-9,39H,5H2,1H3,(H3,32,35,36,37,40). The van der Waals surface area contributed by atoms with Crippen molar-refractivity contribution in [3.63, 3.8) is 0 Å². The van der Waals surface area contributed by atoms with Gasteiger partial charge in [-0.15, -0.1) is 0 Å². The number of phenolic OH excluding ortho intramolecular Hbond substituents is 1. The van der Waals surface area contributed by atoms with E-state index in [1.54, 1.807) is 10.6 Å². The van der Waals surface area contributed by atoms with E-state index in [4.69, 9.17) is 17.3 Å². The molecule has 1 aliphatic heterocycles. The number of nitrogen functional groups attached to an aromatic ring is 1. The number of phenols is 1. The summed E-state index contributed by atoms with van der Waals surface area (Å²) in [6, 6.07) is 3.47. The Morgan fingerprint density at radius 1 is 1.10 bits per heavy atom. The molecule has 0 aliphatic carbocycles. The van der Waals surface area contributed by atoms with Gasteiger partial charge in [0.15, 0.2) is 23.1 Å². The van der Waals surface area contributed by atoms with Crippen LogP contribution in [-0.2, 0) is 16.6 Å². The molecule has 4 heterocycles. The average molecular weight is 570 g/mol. The fourth-order valence-corrected chi connectivity index (χ4v) is 4.91. The fraction of sp³-hybridized carbons (Fsp3) is 0.115. The van der Waals surface area contributed by atoms with Crippen LogP contribution in [0.5, 0.6) is 5.75 Å². The van der Waals surface area contributed by atoms with Crippen LogP contribution in [0.3, 0.4) is 0 Å². The molecular weight excluding hydrogens is 554 g/mol. The number of rotatable bonds is 4. The highest BCUT2D eigenvalue weighted by Crippen LogP contribution is 2.46. The van der Waals surface area contributed by atoms with Crippen molar-refractivity contribution < 1.29 is 27.5 Å². The van der Waals surface area contributed by atoms with Crippen LogP contribution in [0.15, 0.2) is 42.9 Å². The molecule has 202 valence electrons. The first-order valence-corrected chi connectivity index (χ1v) is 12.0. The zero-order valence-electron chi connectivity index (χ0n) is 20.3. The molecule has 1 atom stereocenters. The van der Waals surface area contributed by atoms with Gasteiger partial charge < -0.3 is 20.6 Å². The van der Waals surface area contributed by atoms with Crippen LogP contribution in [-0.4, -0.2) is 35.4 Å². The third kappa shape index (κ3) is 3.80. The van der Waals surface area contributed by atoms with Crippen LogP contribution >= 0.6 is 11.6 Å². The highest BCUT2D eigenvalue weighted by atomic mass is 35.5. The quantitative estimate of drug-likeness (QED) is 0.214. The number of fused-ring (bicyclic) bond motifs is 2. The number of nitrogens with zero attached hydrogens (tertiary/aromatic N) is 5. The van der Waals surface area contributed by atoms with E-state index in [0.29, 0.717) is 11.7 Å². The molecule has 14 heteroatoms. The summed E-state index contributed by atoms with van der Waals surface area (Å²) in [5.74, 6) is -5.76. The minimum absolute atomic E-state index is 0.0252. The van der Waals surface area contributed by atoms with Gasteiger partial charge in [-0.3, -0.25) is 4.79 Å². The third-order valence-corrected chi connectivity index (χ3v) is 7.18. The predicted octanol–water partition coefficient (Wildman–Crippen LogP) is 4.53. The molecule has 1 unspecified atom stereocenters. The number of aromatic nitrogens is 5. The Morgan fingerprint density at radius 2 is 1.88 bits per heavy atom. The lowest BCUT2D eigenvalue weighted by Crippen LogP contribution is -2.33. The van der Waals surface area contributed by atoms with Crippen LogP contribution < -0.4 is 11.1 Å². The van der Waals surface area contributed by atoms with Gasteiger partial charge in [-0.25, -0.2) is 37.5 Å². The maximum absolute atomic E-state index is 14.4.